The van der Waals surface area contributed by atoms with Gasteiger partial charge in [0.2, 0.25) is 0 Å². The van der Waals surface area contributed by atoms with E-state index in [1.165, 1.54) is 11.8 Å². The maximum absolute atomic E-state index is 14.5. The molecule has 0 atom stereocenters. The molecule has 0 heterocycles. The van der Waals surface area contributed by atoms with Crippen molar-refractivity contribution in [3.8, 4) is 5.75 Å². The van der Waals surface area contributed by atoms with Crippen LogP contribution in [-0.2, 0) is 5.41 Å². The lowest BCUT2D eigenvalue weighted by Gasteiger charge is -2.42. The van der Waals surface area contributed by atoms with Crippen LogP contribution in [0.3, 0.4) is 0 Å². The highest BCUT2D eigenvalue weighted by atomic mass is 32.2. The number of benzene rings is 1. The summed E-state index contributed by atoms with van der Waals surface area (Å²) in [5.41, 5.74) is 6.45. The molecule has 4 heteroatoms. The van der Waals surface area contributed by atoms with Gasteiger partial charge in [0.15, 0.2) is 0 Å². The molecule has 2 N–H and O–H groups in total. The van der Waals surface area contributed by atoms with Crippen LogP contribution in [0.5, 0.6) is 5.75 Å². The zero-order valence-electron chi connectivity index (χ0n) is 10.3. The summed E-state index contributed by atoms with van der Waals surface area (Å²) in [6.07, 6.45) is 4.97. The topological polar surface area (TPSA) is 35.2 Å². The van der Waals surface area contributed by atoms with Gasteiger partial charge in [-0.3, -0.25) is 0 Å². The van der Waals surface area contributed by atoms with Gasteiger partial charge in [0.1, 0.15) is 11.6 Å². The van der Waals surface area contributed by atoms with Crippen molar-refractivity contribution in [1.29, 1.82) is 0 Å². The van der Waals surface area contributed by atoms with E-state index >= 15 is 0 Å². The van der Waals surface area contributed by atoms with Crippen molar-refractivity contribution in [3.63, 3.8) is 0 Å². The molecule has 17 heavy (non-hydrogen) atoms. The zero-order valence-corrected chi connectivity index (χ0v) is 11.1. The third-order valence-electron chi connectivity index (χ3n) is 3.76. The molecule has 0 aliphatic heterocycles. The first kappa shape index (κ1) is 12.7. The van der Waals surface area contributed by atoms with E-state index in [0.29, 0.717) is 17.2 Å². The number of thioether (sulfide) groups is 1. The Labute approximate surface area is 106 Å². The molecule has 0 amide bonds. The number of hydrogen-bond acceptors (Lipinski definition) is 3. The van der Waals surface area contributed by atoms with Crippen LogP contribution in [0.25, 0.3) is 0 Å². The summed E-state index contributed by atoms with van der Waals surface area (Å²) < 4.78 is 19.6. The third-order valence-corrected chi connectivity index (χ3v) is 4.55. The Hall–Kier alpha value is -0.740. The summed E-state index contributed by atoms with van der Waals surface area (Å²) >= 11 is 1.38. The number of ether oxygens (including phenoxy) is 1. The molecule has 0 spiro atoms. The molecule has 1 aliphatic rings. The van der Waals surface area contributed by atoms with Crippen LogP contribution in [0.1, 0.15) is 24.8 Å². The Morgan fingerprint density at radius 2 is 2.18 bits per heavy atom. The van der Waals surface area contributed by atoms with Gasteiger partial charge in [-0.2, -0.15) is 0 Å². The summed E-state index contributed by atoms with van der Waals surface area (Å²) in [5.74, 6) is 0.451. The number of methoxy groups -OCH3 is 1. The van der Waals surface area contributed by atoms with Crippen LogP contribution >= 0.6 is 11.8 Å². The highest BCUT2D eigenvalue weighted by Gasteiger charge is 2.40. The minimum atomic E-state index is -0.151. The Bertz CT molecular complexity index is 413. The predicted octanol–water partition coefficient (Wildman–Crippen LogP) is 2.94. The van der Waals surface area contributed by atoms with Crippen molar-refractivity contribution in [2.24, 2.45) is 5.73 Å². The minimum Gasteiger partial charge on any atom is -0.495 e. The maximum Gasteiger partial charge on any atom is 0.144 e. The van der Waals surface area contributed by atoms with Crippen molar-refractivity contribution in [2.45, 2.75) is 29.6 Å². The number of rotatable bonds is 4. The fourth-order valence-corrected chi connectivity index (χ4v) is 3.13. The Morgan fingerprint density at radius 3 is 2.59 bits per heavy atom. The molecule has 0 aromatic heterocycles. The summed E-state index contributed by atoms with van der Waals surface area (Å²) in [5, 5.41) is 0. The molecule has 0 bridgehead atoms. The third kappa shape index (κ3) is 1.93. The molecule has 2 rings (SSSR count). The first-order valence-corrected chi connectivity index (χ1v) is 7.02. The van der Waals surface area contributed by atoms with Gasteiger partial charge in [-0.05, 0) is 30.7 Å². The quantitative estimate of drug-likeness (QED) is 0.840. The van der Waals surface area contributed by atoms with Crippen LogP contribution < -0.4 is 10.5 Å². The summed E-state index contributed by atoms with van der Waals surface area (Å²) in [4.78, 5) is 0.588. The summed E-state index contributed by atoms with van der Waals surface area (Å²) in [7, 11) is 1.57. The van der Waals surface area contributed by atoms with E-state index in [2.05, 4.69) is 0 Å². The molecule has 94 valence electrons. The summed E-state index contributed by atoms with van der Waals surface area (Å²) in [6, 6.07) is 3.68. The normalized spacial score (nSPS) is 17.6. The standard InChI is InChI=1S/C13H18FNOS/c1-16-10-5-4-9(11(14)12(10)17-2)13(8-15)6-3-7-13/h4-5H,3,6-8,15H2,1-2H3. The molecule has 2 nitrogen and oxygen atoms in total. The van der Waals surface area contributed by atoms with Crippen LogP contribution in [0.4, 0.5) is 4.39 Å². The van der Waals surface area contributed by atoms with E-state index in [1.807, 2.05) is 18.4 Å². The van der Waals surface area contributed by atoms with E-state index < -0.39 is 0 Å². The Balaban J connectivity index is 2.49. The molecular weight excluding hydrogens is 237 g/mol. The second-order valence-corrected chi connectivity index (χ2v) is 5.32. The SMILES string of the molecule is COc1ccc(C2(CN)CCC2)c(F)c1SC. The van der Waals surface area contributed by atoms with E-state index in [1.54, 1.807) is 7.11 Å². The van der Waals surface area contributed by atoms with Gasteiger partial charge in [0, 0.05) is 12.0 Å². The molecule has 0 saturated heterocycles. The molecule has 1 aliphatic carbocycles. The van der Waals surface area contributed by atoms with Gasteiger partial charge in [0.25, 0.3) is 0 Å². The molecule has 1 aromatic rings. The number of hydrogen-bond donors (Lipinski definition) is 1. The van der Waals surface area contributed by atoms with E-state index in [4.69, 9.17) is 10.5 Å². The zero-order chi connectivity index (χ0) is 12.5. The maximum atomic E-state index is 14.5. The van der Waals surface area contributed by atoms with Crippen molar-refractivity contribution >= 4 is 11.8 Å². The first-order chi connectivity index (χ1) is 8.18. The second kappa shape index (κ2) is 4.86. The van der Waals surface area contributed by atoms with E-state index in [-0.39, 0.29) is 11.2 Å². The van der Waals surface area contributed by atoms with Crippen LogP contribution in [-0.4, -0.2) is 19.9 Å². The van der Waals surface area contributed by atoms with Gasteiger partial charge >= 0.3 is 0 Å². The van der Waals surface area contributed by atoms with Crippen molar-refractivity contribution < 1.29 is 9.13 Å². The van der Waals surface area contributed by atoms with Gasteiger partial charge in [0.05, 0.1) is 12.0 Å². The molecule has 1 aromatic carbocycles. The lowest BCUT2D eigenvalue weighted by atomic mass is 9.64. The fourth-order valence-electron chi connectivity index (χ4n) is 2.49. The summed E-state index contributed by atoms with van der Waals surface area (Å²) in [6.45, 7) is 0.518. The van der Waals surface area contributed by atoms with Crippen molar-refractivity contribution in [1.82, 2.24) is 0 Å². The van der Waals surface area contributed by atoms with Gasteiger partial charge in [-0.15, -0.1) is 11.8 Å². The highest BCUT2D eigenvalue weighted by Crippen LogP contribution is 2.46. The average molecular weight is 255 g/mol. The van der Waals surface area contributed by atoms with E-state index in [0.717, 1.165) is 24.8 Å². The van der Waals surface area contributed by atoms with E-state index in [9.17, 15) is 4.39 Å². The predicted molar refractivity (Wildman–Crippen MR) is 69.3 cm³/mol. The lowest BCUT2D eigenvalue weighted by Crippen LogP contribution is -2.42. The highest BCUT2D eigenvalue weighted by molar-refractivity contribution is 7.98. The molecular formula is C13H18FNOS. The minimum absolute atomic E-state index is 0.138. The van der Waals surface area contributed by atoms with Crippen LogP contribution in [0, 0.1) is 5.82 Å². The monoisotopic (exact) mass is 255 g/mol. The van der Waals surface area contributed by atoms with Crippen LogP contribution in [0.2, 0.25) is 0 Å². The second-order valence-electron chi connectivity index (χ2n) is 4.50. The van der Waals surface area contributed by atoms with Crippen LogP contribution in [0.15, 0.2) is 17.0 Å². The largest absolute Gasteiger partial charge is 0.495 e. The van der Waals surface area contributed by atoms with Crippen molar-refractivity contribution in [3.05, 3.63) is 23.5 Å². The molecule has 1 fully saturated rings. The number of halogens is 1. The Morgan fingerprint density at radius 1 is 1.47 bits per heavy atom. The molecule has 1 saturated carbocycles. The lowest BCUT2D eigenvalue weighted by molar-refractivity contribution is 0.242. The van der Waals surface area contributed by atoms with Gasteiger partial charge in [-0.25, -0.2) is 4.39 Å². The molecule has 0 unspecified atom stereocenters. The van der Waals surface area contributed by atoms with Crippen molar-refractivity contribution in [2.75, 3.05) is 19.9 Å². The van der Waals surface area contributed by atoms with Gasteiger partial charge < -0.3 is 10.5 Å². The number of nitrogens with two attached hydrogens (primary N) is 1. The Kier molecular flexibility index (Phi) is 3.64. The fraction of sp³-hybridized carbons (Fsp3) is 0.538. The first-order valence-electron chi connectivity index (χ1n) is 5.79. The van der Waals surface area contributed by atoms with Gasteiger partial charge in [-0.1, -0.05) is 12.5 Å². The smallest absolute Gasteiger partial charge is 0.144 e. The average Bonchev–Trinajstić information content (AvgIpc) is 2.30. The molecule has 0 radical (unpaired) electrons.